The fourth-order valence-corrected chi connectivity index (χ4v) is 2.72. The van der Waals surface area contributed by atoms with Crippen LogP contribution in [0.4, 0.5) is 0 Å². The standard InChI is InChI=1S/C18H24N4O/c1-3-5-6-17-20-18(23-21-17)13-22(4-2)12-14-7-8-16-15(11-14)9-10-19-16/h7-11,19H,3-6,12-13H2,1-2H3. The molecule has 0 aliphatic carbocycles. The number of aryl methyl sites for hydroxylation is 1. The zero-order chi connectivity index (χ0) is 16.1. The van der Waals surface area contributed by atoms with Crippen molar-refractivity contribution in [3.05, 3.63) is 47.7 Å². The fourth-order valence-electron chi connectivity index (χ4n) is 2.72. The summed E-state index contributed by atoms with van der Waals surface area (Å²) in [6, 6.07) is 8.64. The number of benzene rings is 1. The van der Waals surface area contributed by atoms with E-state index in [1.807, 2.05) is 6.20 Å². The van der Waals surface area contributed by atoms with Crippen molar-refractivity contribution in [3.63, 3.8) is 0 Å². The highest BCUT2D eigenvalue weighted by Gasteiger charge is 2.11. The number of hydrogen-bond acceptors (Lipinski definition) is 4. The van der Waals surface area contributed by atoms with Crippen molar-refractivity contribution in [3.8, 4) is 0 Å². The summed E-state index contributed by atoms with van der Waals surface area (Å²) in [5.74, 6) is 1.53. The normalized spacial score (nSPS) is 11.6. The van der Waals surface area contributed by atoms with E-state index in [0.29, 0.717) is 12.4 Å². The molecule has 1 aromatic carbocycles. The van der Waals surface area contributed by atoms with E-state index in [2.05, 4.69) is 58.1 Å². The maximum Gasteiger partial charge on any atom is 0.240 e. The van der Waals surface area contributed by atoms with Gasteiger partial charge in [0.25, 0.3) is 0 Å². The van der Waals surface area contributed by atoms with E-state index >= 15 is 0 Å². The van der Waals surface area contributed by atoms with E-state index in [4.69, 9.17) is 4.52 Å². The van der Waals surface area contributed by atoms with E-state index in [1.165, 1.54) is 16.5 Å². The van der Waals surface area contributed by atoms with Gasteiger partial charge in [0.2, 0.25) is 5.89 Å². The van der Waals surface area contributed by atoms with Gasteiger partial charge in [0.05, 0.1) is 6.54 Å². The van der Waals surface area contributed by atoms with Crippen LogP contribution in [0.3, 0.4) is 0 Å². The Morgan fingerprint density at radius 2 is 2.09 bits per heavy atom. The summed E-state index contributed by atoms with van der Waals surface area (Å²) in [5.41, 5.74) is 2.47. The third-order valence-corrected chi connectivity index (χ3v) is 4.09. The van der Waals surface area contributed by atoms with E-state index in [1.54, 1.807) is 0 Å². The van der Waals surface area contributed by atoms with Gasteiger partial charge >= 0.3 is 0 Å². The number of H-pyrrole nitrogens is 1. The smallest absolute Gasteiger partial charge is 0.240 e. The highest BCUT2D eigenvalue weighted by atomic mass is 16.5. The molecule has 0 atom stereocenters. The molecule has 3 aromatic rings. The van der Waals surface area contributed by atoms with Crippen molar-refractivity contribution in [1.82, 2.24) is 20.0 Å². The van der Waals surface area contributed by atoms with Crippen molar-refractivity contribution < 1.29 is 4.52 Å². The molecule has 0 aliphatic heterocycles. The number of nitrogens with one attached hydrogen (secondary N) is 1. The summed E-state index contributed by atoms with van der Waals surface area (Å²) in [5, 5.41) is 5.31. The summed E-state index contributed by atoms with van der Waals surface area (Å²) in [6.45, 7) is 6.84. The Hall–Kier alpha value is -2.14. The Morgan fingerprint density at radius 3 is 2.91 bits per heavy atom. The molecule has 5 heteroatoms. The molecule has 5 nitrogen and oxygen atoms in total. The van der Waals surface area contributed by atoms with Gasteiger partial charge in [-0.2, -0.15) is 4.98 Å². The number of unbranched alkanes of at least 4 members (excludes halogenated alkanes) is 1. The molecule has 3 rings (SSSR count). The van der Waals surface area contributed by atoms with Crippen molar-refractivity contribution in [1.29, 1.82) is 0 Å². The predicted octanol–water partition coefficient (Wildman–Crippen LogP) is 3.92. The lowest BCUT2D eigenvalue weighted by Crippen LogP contribution is -2.22. The van der Waals surface area contributed by atoms with Crippen LogP contribution in [-0.2, 0) is 19.5 Å². The molecule has 0 bridgehead atoms. The van der Waals surface area contributed by atoms with E-state index < -0.39 is 0 Å². The van der Waals surface area contributed by atoms with Gasteiger partial charge in [-0.3, -0.25) is 4.90 Å². The average Bonchev–Trinajstić information content (AvgIpc) is 3.20. The molecule has 23 heavy (non-hydrogen) atoms. The van der Waals surface area contributed by atoms with E-state index in [9.17, 15) is 0 Å². The van der Waals surface area contributed by atoms with Crippen LogP contribution in [0.1, 0.15) is 44.0 Å². The van der Waals surface area contributed by atoms with Crippen molar-refractivity contribution in [2.75, 3.05) is 6.54 Å². The molecule has 1 N–H and O–H groups in total. The molecule has 2 aromatic heterocycles. The topological polar surface area (TPSA) is 58.0 Å². The molecule has 0 saturated heterocycles. The maximum atomic E-state index is 5.38. The first kappa shape index (κ1) is 15.7. The fraction of sp³-hybridized carbons (Fsp3) is 0.444. The van der Waals surface area contributed by atoms with E-state index in [-0.39, 0.29) is 0 Å². The van der Waals surface area contributed by atoms with Gasteiger partial charge in [0, 0.05) is 24.7 Å². The third-order valence-electron chi connectivity index (χ3n) is 4.09. The molecule has 0 saturated carbocycles. The third kappa shape index (κ3) is 3.99. The highest BCUT2D eigenvalue weighted by molar-refractivity contribution is 5.79. The maximum absolute atomic E-state index is 5.38. The van der Waals surface area contributed by atoms with E-state index in [0.717, 1.165) is 38.2 Å². The van der Waals surface area contributed by atoms with Gasteiger partial charge in [-0.1, -0.05) is 31.5 Å². The van der Waals surface area contributed by atoms with Crippen LogP contribution in [-0.4, -0.2) is 26.6 Å². The average molecular weight is 312 g/mol. The SMILES string of the molecule is CCCCc1noc(CN(CC)Cc2ccc3[nH]ccc3c2)n1. The first-order chi connectivity index (χ1) is 11.3. The second-order valence-corrected chi connectivity index (χ2v) is 5.91. The Morgan fingerprint density at radius 1 is 1.17 bits per heavy atom. The zero-order valence-corrected chi connectivity index (χ0v) is 13.9. The van der Waals surface area contributed by atoms with Crippen molar-refractivity contribution in [2.45, 2.75) is 46.2 Å². The lowest BCUT2D eigenvalue weighted by atomic mass is 10.1. The number of aromatic nitrogens is 3. The van der Waals surface area contributed by atoms with Gasteiger partial charge in [0.1, 0.15) is 0 Å². The number of hydrogen-bond donors (Lipinski definition) is 1. The molecule has 0 spiro atoms. The first-order valence-corrected chi connectivity index (χ1v) is 8.38. The summed E-state index contributed by atoms with van der Waals surface area (Å²) in [6.07, 6.45) is 5.12. The van der Waals surface area contributed by atoms with Gasteiger partial charge in [-0.05, 0) is 42.1 Å². The second kappa shape index (κ2) is 7.42. The molecule has 0 fully saturated rings. The molecule has 0 unspecified atom stereocenters. The molecule has 0 amide bonds. The summed E-state index contributed by atoms with van der Waals surface area (Å²) >= 11 is 0. The summed E-state index contributed by atoms with van der Waals surface area (Å²) < 4.78 is 5.38. The monoisotopic (exact) mass is 312 g/mol. The molecular weight excluding hydrogens is 288 g/mol. The Kier molecular flexibility index (Phi) is 5.08. The molecular formula is C18H24N4O. The highest BCUT2D eigenvalue weighted by Crippen LogP contribution is 2.16. The Bertz CT molecular complexity index is 746. The van der Waals surface area contributed by atoms with Crippen LogP contribution in [0.5, 0.6) is 0 Å². The minimum absolute atomic E-state index is 0.695. The molecule has 0 radical (unpaired) electrons. The molecule has 0 aliphatic rings. The lowest BCUT2D eigenvalue weighted by molar-refractivity contribution is 0.229. The number of fused-ring (bicyclic) bond motifs is 1. The predicted molar refractivity (Wildman–Crippen MR) is 91.0 cm³/mol. The number of nitrogens with zero attached hydrogens (tertiary/aromatic N) is 3. The largest absolute Gasteiger partial charge is 0.361 e. The minimum atomic E-state index is 0.695. The van der Waals surface area contributed by atoms with Gasteiger partial charge in [-0.15, -0.1) is 0 Å². The van der Waals surface area contributed by atoms with Crippen LogP contribution in [0.15, 0.2) is 35.0 Å². The van der Waals surface area contributed by atoms with Crippen LogP contribution >= 0.6 is 0 Å². The second-order valence-electron chi connectivity index (χ2n) is 5.91. The van der Waals surface area contributed by atoms with Crippen molar-refractivity contribution >= 4 is 10.9 Å². The van der Waals surface area contributed by atoms with Gasteiger partial charge < -0.3 is 9.51 Å². The Balaban J connectivity index is 1.63. The molecule has 2 heterocycles. The zero-order valence-electron chi connectivity index (χ0n) is 13.9. The quantitative estimate of drug-likeness (QED) is 0.685. The first-order valence-electron chi connectivity index (χ1n) is 8.38. The van der Waals surface area contributed by atoms with Crippen LogP contribution < -0.4 is 0 Å². The summed E-state index contributed by atoms with van der Waals surface area (Å²) in [7, 11) is 0. The van der Waals surface area contributed by atoms with Crippen LogP contribution in [0, 0.1) is 0 Å². The summed E-state index contributed by atoms with van der Waals surface area (Å²) in [4.78, 5) is 10.0. The minimum Gasteiger partial charge on any atom is -0.361 e. The molecule has 122 valence electrons. The van der Waals surface area contributed by atoms with Gasteiger partial charge in [-0.25, -0.2) is 0 Å². The van der Waals surface area contributed by atoms with Crippen LogP contribution in [0.25, 0.3) is 10.9 Å². The Labute approximate surface area is 136 Å². The number of aromatic amines is 1. The van der Waals surface area contributed by atoms with Crippen LogP contribution in [0.2, 0.25) is 0 Å². The number of rotatable bonds is 8. The van der Waals surface area contributed by atoms with Crippen molar-refractivity contribution in [2.24, 2.45) is 0 Å². The van der Waals surface area contributed by atoms with Gasteiger partial charge in [0.15, 0.2) is 5.82 Å². The lowest BCUT2D eigenvalue weighted by Gasteiger charge is -2.18.